The highest BCUT2D eigenvalue weighted by Gasteiger charge is 2.14. The number of fused-ring (bicyclic) bond motifs is 1. The van der Waals surface area contributed by atoms with Crippen LogP contribution in [0.15, 0.2) is 18.5 Å². The summed E-state index contributed by atoms with van der Waals surface area (Å²) in [6.45, 7) is 0. The van der Waals surface area contributed by atoms with Gasteiger partial charge in [0, 0.05) is 12.1 Å². The van der Waals surface area contributed by atoms with Gasteiger partial charge in [-0.3, -0.25) is 0 Å². The standard InChI is InChI=1S/C7H5FN2O/c8-5-3-7-6(9-4-5)1-2-10(7)11/h1-4,10H. The minimum absolute atomic E-state index is 0.174. The van der Waals surface area contributed by atoms with E-state index in [0.29, 0.717) is 11.4 Å². The lowest BCUT2D eigenvalue weighted by atomic mass is 10.3. The second kappa shape index (κ2) is 2.11. The van der Waals surface area contributed by atoms with Crippen LogP contribution < -0.4 is 5.06 Å². The maximum atomic E-state index is 12.5. The minimum Gasteiger partial charge on any atom is -0.624 e. The minimum atomic E-state index is -0.471. The molecule has 3 nitrogen and oxygen atoms in total. The zero-order chi connectivity index (χ0) is 7.84. The van der Waals surface area contributed by atoms with Crippen molar-refractivity contribution in [2.75, 3.05) is 0 Å². The summed E-state index contributed by atoms with van der Waals surface area (Å²) in [5, 5.41) is 10.8. The third-order valence-corrected chi connectivity index (χ3v) is 1.54. The number of hydrogen-bond donors (Lipinski definition) is 1. The molecule has 0 bridgehead atoms. The number of halogens is 1. The van der Waals surface area contributed by atoms with Crippen molar-refractivity contribution in [3.8, 4) is 0 Å². The summed E-state index contributed by atoms with van der Waals surface area (Å²) in [6.07, 6.45) is 4.07. The molecule has 0 saturated carbocycles. The zero-order valence-electron chi connectivity index (χ0n) is 5.54. The topological polar surface area (TPSA) is 40.4 Å². The van der Waals surface area contributed by atoms with Gasteiger partial charge in [-0.05, 0) is 0 Å². The third-order valence-electron chi connectivity index (χ3n) is 1.54. The zero-order valence-corrected chi connectivity index (χ0v) is 5.54. The Balaban J connectivity index is 2.58. The van der Waals surface area contributed by atoms with Crippen molar-refractivity contribution in [1.82, 2.24) is 4.98 Å². The molecular formula is C7H5FN2O. The van der Waals surface area contributed by atoms with E-state index >= 15 is 0 Å². The normalized spacial score (nSPS) is 20.4. The molecule has 0 aromatic carbocycles. The van der Waals surface area contributed by atoms with Gasteiger partial charge in [0.25, 0.3) is 0 Å². The van der Waals surface area contributed by atoms with E-state index in [-0.39, 0.29) is 5.06 Å². The molecule has 0 radical (unpaired) electrons. The van der Waals surface area contributed by atoms with Crippen LogP contribution >= 0.6 is 0 Å². The fourth-order valence-electron chi connectivity index (χ4n) is 1.02. The van der Waals surface area contributed by atoms with Gasteiger partial charge >= 0.3 is 0 Å². The van der Waals surface area contributed by atoms with Crippen LogP contribution in [-0.4, -0.2) is 4.98 Å². The number of rotatable bonds is 0. The van der Waals surface area contributed by atoms with Crippen LogP contribution in [0.2, 0.25) is 0 Å². The Morgan fingerprint density at radius 3 is 3.18 bits per heavy atom. The molecule has 1 atom stereocenters. The smallest absolute Gasteiger partial charge is 0.164 e. The number of hydroxylamine groups is 1. The van der Waals surface area contributed by atoms with Crippen molar-refractivity contribution >= 4 is 11.8 Å². The van der Waals surface area contributed by atoms with E-state index in [4.69, 9.17) is 0 Å². The van der Waals surface area contributed by atoms with E-state index in [0.717, 1.165) is 6.20 Å². The molecule has 0 spiro atoms. The molecule has 1 unspecified atom stereocenters. The van der Waals surface area contributed by atoms with Crippen LogP contribution in [0.25, 0.3) is 6.08 Å². The third kappa shape index (κ3) is 0.923. The fraction of sp³-hybridized carbons (Fsp3) is 0. The summed E-state index contributed by atoms with van der Waals surface area (Å²) in [4.78, 5) is 3.73. The first-order valence-corrected chi connectivity index (χ1v) is 3.15. The Hall–Kier alpha value is -1.26. The molecule has 1 aromatic heterocycles. The fourth-order valence-corrected chi connectivity index (χ4v) is 1.02. The molecule has 1 N–H and O–H groups in total. The lowest BCUT2D eigenvalue weighted by molar-refractivity contribution is -0.710. The molecule has 56 valence electrons. The summed E-state index contributed by atoms with van der Waals surface area (Å²) < 4.78 is 12.5. The highest BCUT2D eigenvalue weighted by Crippen LogP contribution is 2.14. The molecule has 2 heterocycles. The van der Waals surface area contributed by atoms with Crippen molar-refractivity contribution in [3.63, 3.8) is 0 Å². The molecular weight excluding hydrogens is 147 g/mol. The second-order valence-corrected chi connectivity index (χ2v) is 2.28. The SMILES string of the molecule is [O-][NH+]1C=Cc2ncc(F)cc21. The van der Waals surface area contributed by atoms with Crippen molar-refractivity contribution in [1.29, 1.82) is 0 Å². The van der Waals surface area contributed by atoms with Gasteiger partial charge in [-0.25, -0.2) is 9.37 Å². The van der Waals surface area contributed by atoms with Crippen LogP contribution in [-0.2, 0) is 0 Å². The molecule has 1 aliphatic heterocycles. The van der Waals surface area contributed by atoms with Gasteiger partial charge in [-0.2, -0.15) is 0 Å². The number of nitrogens with one attached hydrogen (secondary N) is 1. The first kappa shape index (κ1) is 6.45. The summed E-state index contributed by atoms with van der Waals surface area (Å²) >= 11 is 0. The first-order valence-electron chi connectivity index (χ1n) is 3.15. The van der Waals surface area contributed by atoms with Crippen LogP contribution in [0.5, 0.6) is 0 Å². The average molecular weight is 152 g/mol. The molecule has 0 saturated heterocycles. The Morgan fingerprint density at radius 2 is 2.36 bits per heavy atom. The van der Waals surface area contributed by atoms with Gasteiger partial charge < -0.3 is 10.3 Å². The molecule has 11 heavy (non-hydrogen) atoms. The molecule has 1 aromatic rings. The van der Waals surface area contributed by atoms with Crippen molar-refractivity contribution in [2.24, 2.45) is 0 Å². The van der Waals surface area contributed by atoms with Crippen LogP contribution in [0.4, 0.5) is 10.1 Å². The Morgan fingerprint density at radius 1 is 1.55 bits per heavy atom. The molecule has 0 amide bonds. The molecule has 0 fully saturated rings. The lowest BCUT2D eigenvalue weighted by Crippen LogP contribution is -2.95. The summed E-state index contributed by atoms with van der Waals surface area (Å²) in [5.41, 5.74) is 0.904. The quantitative estimate of drug-likeness (QED) is 0.540. The Kier molecular flexibility index (Phi) is 1.24. The van der Waals surface area contributed by atoms with Gasteiger partial charge in [-0.15, -0.1) is 0 Å². The first-order chi connectivity index (χ1) is 5.27. The lowest BCUT2D eigenvalue weighted by Gasteiger charge is -2.11. The molecule has 4 heteroatoms. The van der Waals surface area contributed by atoms with Crippen molar-refractivity contribution in [2.45, 2.75) is 0 Å². The predicted molar refractivity (Wildman–Crippen MR) is 37.2 cm³/mol. The van der Waals surface area contributed by atoms with Gasteiger partial charge in [0.05, 0.1) is 6.20 Å². The summed E-state index contributed by atoms with van der Waals surface area (Å²) in [5.74, 6) is -0.471. The van der Waals surface area contributed by atoms with Crippen molar-refractivity contribution < 1.29 is 9.45 Å². The van der Waals surface area contributed by atoms with E-state index < -0.39 is 5.82 Å². The van der Waals surface area contributed by atoms with Gasteiger partial charge in [0.15, 0.2) is 5.69 Å². The molecule has 0 aliphatic carbocycles. The predicted octanol–water partition coefficient (Wildman–Crippen LogP) is 0.219. The Bertz CT molecular complexity index is 324. The maximum Gasteiger partial charge on any atom is 0.164 e. The highest BCUT2D eigenvalue weighted by atomic mass is 19.1. The van der Waals surface area contributed by atoms with E-state index in [1.807, 2.05) is 0 Å². The van der Waals surface area contributed by atoms with Crippen molar-refractivity contribution in [3.05, 3.63) is 35.2 Å². The van der Waals surface area contributed by atoms with E-state index in [1.165, 1.54) is 12.3 Å². The number of quaternary nitrogens is 1. The highest BCUT2D eigenvalue weighted by molar-refractivity contribution is 5.59. The van der Waals surface area contributed by atoms with E-state index in [2.05, 4.69) is 4.98 Å². The molecule has 1 aliphatic rings. The maximum absolute atomic E-state index is 12.5. The molecule has 2 rings (SSSR count). The Labute approximate surface area is 62.4 Å². The van der Waals surface area contributed by atoms with E-state index in [1.54, 1.807) is 6.08 Å². The second-order valence-electron chi connectivity index (χ2n) is 2.28. The number of aromatic nitrogens is 1. The van der Waals surface area contributed by atoms with Crippen LogP contribution in [0.3, 0.4) is 0 Å². The number of nitrogens with zero attached hydrogens (tertiary/aromatic N) is 1. The van der Waals surface area contributed by atoms with Gasteiger partial charge in [0.1, 0.15) is 17.7 Å². The average Bonchev–Trinajstić information content (AvgIpc) is 2.33. The van der Waals surface area contributed by atoms with Crippen LogP contribution in [0, 0.1) is 11.0 Å². The number of hydrogen-bond acceptors (Lipinski definition) is 2. The van der Waals surface area contributed by atoms with E-state index in [9.17, 15) is 9.60 Å². The monoisotopic (exact) mass is 152 g/mol. The number of pyridine rings is 1. The van der Waals surface area contributed by atoms with Gasteiger partial charge in [0.2, 0.25) is 0 Å². The van der Waals surface area contributed by atoms with Crippen LogP contribution in [0.1, 0.15) is 5.69 Å². The van der Waals surface area contributed by atoms with Gasteiger partial charge in [-0.1, -0.05) is 0 Å². The largest absolute Gasteiger partial charge is 0.624 e. The summed E-state index contributed by atoms with van der Waals surface area (Å²) in [7, 11) is 0. The summed E-state index contributed by atoms with van der Waals surface area (Å²) in [6, 6.07) is 1.20.